The molecule has 2 amide bonds. The maximum Gasteiger partial charge on any atom is 0.282 e. The second kappa shape index (κ2) is 9.56. The van der Waals surface area contributed by atoms with Gasteiger partial charge in [-0.1, -0.05) is 37.3 Å². The van der Waals surface area contributed by atoms with Crippen molar-refractivity contribution in [2.75, 3.05) is 10.2 Å². The summed E-state index contributed by atoms with van der Waals surface area (Å²) >= 11 is 0. The van der Waals surface area contributed by atoms with E-state index in [1.165, 1.54) is 10.5 Å². The number of carbonyl (C=O) groups excluding carboxylic acids is 2. The Morgan fingerprint density at radius 3 is 2.12 bits per heavy atom. The number of amides is 2. The van der Waals surface area contributed by atoms with Crippen LogP contribution in [0, 0.1) is 13.8 Å². The third-order valence-corrected chi connectivity index (χ3v) is 5.98. The lowest BCUT2D eigenvalue weighted by Crippen LogP contribution is -2.32. The molecule has 0 aliphatic carbocycles. The van der Waals surface area contributed by atoms with Gasteiger partial charge in [0.2, 0.25) is 0 Å². The van der Waals surface area contributed by atoms with E-state index in [9.17, 15) is 9.59 Å². The molecule has 1 aliphatic rings. The third kappa shape index (κ3) is 4.60. The molecule has 0 atom stereocenters. The van der Waals surface area contributed by atoms with Crippen molar-refractivity contribution in [3.05, 3.63) is 94.7 Å². The Labute approximate surface area is 201 Å². The van der Waals surface area contributed by atoms with Crippen LogP contribution in [0.2, 0.25) is 0 Å². The van der Waals surface area contributed by atoms with Crippen molar-refractivity contribution < 1.29 is 14.3 Å². The largest absolute Gasteiger partial charge is 0.491 e. The average Bonchev–Trinajstić information content (AvgIpc) is 3.06. The topological polar surface area (TPSA) is 58.6 Å². The van der Waals surface area contributed by atoms with Gasteiger partial charge in [0.15, 0.2) is 0 Å². The van der Waals surface area contributed by atoms with Gasteiger partial charge in [-0.2, -0.15) is 0 Å². The van der Waals surface area contributed by atoms with E-state index in [0.29, 0.717) is 17.0 Å². The molecule has 1 aliphatic heterocycles. The number of imide groups is 1. The molecule has 5 nitrogen and oxygen atoms in total. The lowest BCUT2D eigenvalue weighted by molar-refractivity contribution is -0.120. The van der Waals surface area contributed by atoms with Gasteiger partial charge in [0.05, 0.1) is 17.4 Å². The molecule has 0 fully saturated rings. The van der Waals surface area contributed by atoms with E-state index < -0.39 is 0 Å². The fourth-order valence-corrected chi connectivity index (χ4v) is 3.96. The molecule has 0 saturated carbocycles. The number of nitrogens with zero attached hydrogens (tertiary/aromatic N) is 1. The number of hydrogen-bond acceptors (Lipinski definition) is 4. The van der Waals surface area contributed by atoms with Gasteiger partial charge in [-0.3, -0.25) is 9.59 Å². The Bertz CT molecular complexity index is 1260. The molecule has 0 bridgehead atoms. The zero-order valence-electron chi connectivity index (χ0n) is 20.3. The molecular formula is C29H30N2O3. The number of anilines is 2. The highest BCUT2D eigenvalue weighted by molar-refractivity contribution is 6.46. The Morgan fingerprint density at radius 1 is 0.853 bits per heavy atom. The van der Waals surface area contributed by atoms with Crippen molar-refractivity contribution in [1.82, 2.24) is 0 Å². The van der Waals surface area contributed by atoms with Crippen molar-refractivity contribution in [3.63, 3.8) is 0 Å². The van der Waals surface area contributed by atoms with Gasteiger partial charge in [-0.15, -0.1) is 0 Å². The summed E-state index contributed by atoms with van der Waals surface area (Å²) in [4.78, 5) is 28.5. The first-order chi connectivity index (χ1) is 16.3. The second-order valence-corrected chi connectivity index (χ2v) is 8.83. The Kier molecular flexibility index (Phi) is 6.55. The number of hydrogen-bond donors (Lipinski definition) is 1. The van der Waals surface area contributed by atoms with Crippen molar-refractivity contribution >= 4 is 28.8 Å². The van der Waals surface area contributed by atoms with Crippen molar-refractivity contribution in [1.29, 1.82) is 0 Å². The number of rotatable bonds is 7. The summed E-state index contributed by atoms with van der Waals surface area (Å²) in [6.45, 7) is 10.0. The summed E-state index contributed by atoms with van der Waals surface area (Å²) in [5, 5.41) is 3.24. The summed E-state index contributed by atoms with van der Waals surface area (Å²) in [5.74, 6) is -0.0386. The highest BCUT2D eigenvalue weighted by Gasteiger charge is 2.40. The predicted octanol–water partition coefficient (Wildman–Crippen LogP) is 6.05. The average molecular weight is 455 g/mol. The lowest BCUT2D eigenvalue weighted by Gasteiger charge is -2.17. The molecule has 0 spiro atoms. The van der Waals surface area contributed by atoms with Gasteiger partial charge in [0.25, 0.3) is 11.8 Å². The molecule has 1 heterocycles. The highest BCUT2D eigenvalue weighted by atomic mass is 16.5. The molecule has 3 aromatic carbocycles. The SMILES string of the molecule is CCc1ccc(NC2=C(c3ccc(C)c(C)c3)C(=O)N(c3ccc(OC(C)C)cc3)C2=O)cc1. The highest BCUT2D eigenvalue weighted by Crippen LogP contribution is 2.35. The van der Waals surface area contributed by atoms with E-state index in [0.717, 1.165) is 28.8 Å². The van der Waals surface area contributed by atoms with Crippen LogP contribution in [0.5, 0.6) is 5.75 Å². The van der Waals surface area contributed by atoms with Crippen LogP contribution < -0.4 is 15.0 Å². The van der Waals surface area contributed by atoms with Crippen LogP contribution in [0.25, 0.3) is 5.57 Å². The normalized spacial score (nSPS) is 13.8. The first-order valence-corrected chi connectivity index (χ1v) is 11.6. The van der Waals surface area contributed by atoms with Crippen LogP contribution in [0.3, 0.4) is 0 Å². The summed E-state index contributed by atoms with van der Waals surface area (Å²) in [5.41, 5.74) is 6.02. The number of aryl methyl sites for hydroxylation is 3. The van der Waals surface area contributed by atoms with Crippen LogP contribution in [0.1, 0.15) is 43.0 Å². The molecule has 0 radical (unpaired) electrons. The van der Waals surface area contributed by atoms with Crippen LogP contribution in [-0.4, -0.2) is 17.9 Å². The Morgan fingerprint density at radius 2 is 1.53 bits per heavy atom. The second-order valence-electron chi connectivity index (χ2n) is 8.83. The molecule has 4 rings (SSSR count). The van der Waals surface area contributed by atoms with E-state index in [1.54, 1.807) is 24.3 Å². The molecule has 174 valence electrons. The first kappa shape index (κ1) is 23.3. The van der Waals surface area contributed by atoms with Gasteiger partial charge >= 0.3 is 0 Å². The zero-order chi connectivity index (χ0) is 24.4. The summed E-state index contributed by atoms with van der Waals surface area (Å²) in [6.07, 6.45) is 0.965. The Hall–Kier alpha value is -3.86. The minimum Gasteiger partial charge on any atom is -0.491 e. The summed E-state index contributed by atoms with van der Waals surface area (Å²) < 4.78 is 5.71. The van der Waals surface area contributed by atoms with E-state index in [-0.39, 0.29) is 23.6 Å². The maximum atomic E-state index is 13.7. The Balaban J connectivity index is 1.75. The van der Waals surface area contributed by atoms with Crippen molar-refractivity contribution in [3.8, 4) is 5.75 Å². The first-order valence-electron chi connectivity index (χ1n) is 11.6. The van der Waals surface area contributed by atoms with E-state index in [1.807, 2.05) is 70.2 Å². The zero-order valence-corrected chi connectivity index (χ0v) is 20.3. The van der Waals surface area contributed by atoms with E-state index in [2.05, 4.69) is 12.2 Å². The van der Waals surface area contributed by atoms with Gasteiger partial charge in [0.1, 0.15) is 11.4 Å². The standard InChI is InChI=1S/C29H30N2O3/c1-6-21-8-11-23(12-9-21)30-27-26(22-10-7-19(4)20(5)17-22)28(32)31(29(27)33)24-13-15-25(16-14-24)34-18(2)3/h7-18,30H,6H2,1-5H3. The molecule has 34 heavy (non-hydrogen) atoms. The summed E-state index contributed by atoms with van der Waals surface area (Å²) in [6, 6.07) is 20.8. The molecule has 1 N–H and O–H groups in total. The van der Waals surface area contributed by atoms with E-state index >= 15 is 0 Å². The van der Waals surface area contributed by atoms with Crippen molar-refractivity contribution in [2.45, 2.75) is 47.1 Å². The molecular weight excluding hydrogens is 424 g/mol. The summed E-state index contributed by atoms with van der Waals surface area (Å²) in [7, 11) is 0. The van der Waals surface area contributed by atoms with Gasteiger partial charge < -0.3 is 10.1 Å². The number of benzene rings is 3. The van der Waals surface area contributed by atoms with Crippen LogP contribution >= 0.6 is 0 Å². The third-order valence-electron chi connectivity index (χ3n) is 5.98. The predicted molar refractivity (Wildman–Crippen MR) is 137 cm³/mol. The monoisotopic (exact) mass is 454 g/mol. The lowest BCUT2D eigenvalue weighted by atomic mass is 9.99. The smallest absolute Gasteiger partial charge is 0.282 e. The molecule has 0 unspecified atom stereocenters. The fourth-order valence-electron chi connectivity index (χ4n) is 3.96. The van der Waals surface area contributed by atoms with Gasteiger partial charge in [-0.05, 0) is 92.8 Å². The fraction of sp³-hybridized carbons (Fsp3) is 0.241. The molecule has 5 heteroatoms. The van der Waals surface area contributed by atoms with Crippen LogP contribution in [-0.2, 0) is 16.0 Å². The van der Waals surface area contributed by atoms with Crippen LogP contribution in [0.15, 0.2) is 72.4 Å². The van der Waals surface area contributed by atoms with Gasteiger partial charge in [0, 0.05) is 5.69 Å². The molecule has 0 aromatic heterocycles. The maximum absolute atomic E-state index is 13.7. The van der Waals surface area contributed by atoms with Crippen LogP contribution in [0.4, 0.5) is 11.4 Å². The van der Waals surface area contributed by atoms with Gasteiger partial charge in [-0.25, -0.2) is 4.90 Å². The molecule has 0 saturated heterocycles. The quantitative estimate of drug-likeness (QED) is 0.442. The number of ether oxygens (including phenoxy) is 1. The minimum absolute atomic E-state index is 0.0360. The minimum atomic E-state index is -0.379. The number of carbonyl (C=O) groups is 2. The molecule has 3 aromatic rings. The van der Waals surface area contributed by atoms with E-state index in [4.69, 9.17) is 4.74 Å². The van der Waals surface area contributed by atoms with Crippen molar-refractivity contribution in [2.24, 2.45) is 0 Å². The number of nitrogens with one attached hydrogen (secondary N) is 1.